The minimum absolute atomic E-state index is 0.167. The highest BCUT2D eigenvalue weighted by molar-refractivity contribution is 6.50. The van der Waals surface area contributed by atoms with Gasteiger partial charge in [-0.25, -0.2) is 0 Å². The molecule has 2 rings (SSSR count). The number of hydrogen-bond acceptors (Lipinski definition) is 4. The minimum Gasteiger partial charge on any atom is -0.507 e. The standard InChI is InChI=1S/C12H10O4/c1-6-3-7(16-2)4-8-11(6)9(13)5-10(14)12(8)15/h3-5,13H,1-2H3. The maximum atomic E-state index is 11.6. The molecule has 0 bridgehead atoms. The minimum atomic E-state index is -0.711. The van der Waals surface area contributed by atoms with Crippen LogP contribution in [0, 0.1) is 6.92 Å². The molecule has 16 heavy (non-hydrogen) atoms. The lowest BCUT2D eigenvalue weighted by molar-refractivity contribution is -0.111. The van der Waals surface area contributed by atoms with Crippen LogP contribution in [0.2, 0.25) is 0 Å². The van der Waals surface area contributed by atoms with Crippen molar-refractivity contribution < 1.29 is 19.4 Å². The van der Waals surface area contributed by atoms with E-state index in [2.05, 4.69) is 0 Å². The van der Waals surface area contributed by atoms with E-state index in [-0.39, 0.29) is 11.3 Å². The summed E-state index contributed by atoms with van der Waals surface area (Å²) in [6.45, 7) is 1.74. The fourth-order valence-electron chi connectivity index (χ4n) is 1.79. The van der Waals surface area contributed by atoms with Gasteiger partial charge in [-0.1, -0.05) is 0 Å². The molecule has 1 aromatic carbocycles. The molecule has 0 spiro atoms. The van der Waals surface area contributed by atoms with Crippen LogP contribution in [-0.2, 0) is 4.79 Å². The Balaban J connectivity index is 2.75. The van der Waals surface area contributed by atoms with E-state index in [1.165, 1.54) is 13.2 Å². The predicted octanol–water partition coefficient (Wildman–Crippen LogP) is 1.67. The molecular formula is C12H10O4. The van der Waals surface area contributed by atoms with Gasteiger partial charge >= 0.3 is 0 Å². The number of hydrogen-bond donors (Lipinski definition) is 1. The summed E-state index contributed by atoms with van der Waals surface area (Å²) in [6.07, 6.45) is 0.949. The first-order valence-corrected chi connectivity index (χ1v) is 4.73. The molecule has 0 unspecified atom stereocenters. The molecule has 0 heterocycles. The monoisotopic (exact) mass is 218 g/mol. The van der Waals surface area contributed by atoms with Crippen molar-refractivity contribution in [1.29, 1.82) is 0 Å². The van der Waals surface area contributed by atoms with Crippen molar-refractivity contribution in [2.45, 2.75) is 6.92 Å². The Morgan fingerprint density at radius 1 is 1.25 bits per heavy atom. The van der Waals surface area contributed by atoms with Gasteiger partial charge in [-0.3, -0.25) is 9.59 Å². The molecular weight excluding hydrogens is 208 g/mol. The Hall–Kier alpha value is -2.10. The zero-order valence-electron chi connectivity index (χ0n) is 8.90. The average Bonchev–Trinajstić information content (AvgIpc) is 2.24. The largest absolute Gasteiger partial charge is 0.507 e. The molecule has 4 heteroatoms. The summed E-state index contributed by atoms with van der Waals surface area (Å²) >= 11 is 0. The average molecular weight is 218 g/mol. The molecule has 0 amide bonds. The number of rotatable bonds is 1. The van der Waals surface area contributed by atoms with Crippen molar-refractivity contribution in [1.82, 2.24) is 0 Å². The first kappa shape index (κ1) is 10.4. The Morgan fingerprint density at radius 3 is 2.56 bits per heavy atom. The summed E-state index contributed by atoms with van der Waals surface area (Å²) in [6, 6.07) is 3.16. The third-order valence-electron chi connectivity index (χ3n) is 2.54. The fraction of sp³-hybridized carbons (Fsp3) is 0.167. The molecule has 0 aliphatic heterocycles. The van der Waals surface area contributed by atoms with Gasteiger partial charge in [0, 0.05) is 17.2 Å². The van der Waals surface area contributed by atoms with E-state index in [4.69, 9.17) is 4.74 Å². The number of allylic oxidation sites excluding steroid dienone is 1. The second kappa shape index (κ2) is 3.48. The highest BCUT2D eigenvalue weighted by atomic mass is 16.5. The molecule has 1 N–H and O–H groups in total. The van der Waals surface area contributed by atoms with Crippen LogP contribution in [0.1, 0.15) is 21.5 Å². The number of benzene rings is 1. The van der Waals surface area contributed by atoms with E-state index >= 15 is 0 Å². The van der Waals surface area contributed by atoms with Crippen LogP contribution in [0.3, 0.4) is 0 Å². The number of aryl methyl sites for hydroxylation is 1. The predicted molar refractivity (Wildman–Crippen MR) is 57.7 cm³/mol. The Labute approximate surface area is 92.2 Å². The molecule has 82 valence electrons. The van der Waals surface area contributed by atoms with Gasteiger partial charge in [-0.15, -0.1) is 0 Å². The molecule has 0 radical (unpaired) electrons. The summed E-state index contributed by atoms with van der Waals surface area (Å²) in [7, 11) is 1.48. The van der Waals surface area contributed by atoms with Crippen LogP contribution >= 0.6 is 0 Å². The summed E-state index contributed by atoms with van der Waals surface area (Å²) in [5, 5.41) is 9.64. The van der Waals surface area contributed by atoms with Crippen LogP contribution in [-0.4, -0.2) is 23.8 Å². The van der Waals surface area contributed by atoms with Crippen LogP contribution in [0.15, 0.2) is 18.2 Å². The molecule has 4 nitrogen and oxygen atoms in total. The van der Waals surface area contributed by atoms with Gasteiger partial charge in [0.05, 0.1) is 7.11 Å². The quantitative estimate of drug-likeness (QED) is 0.728. The van der Waals surface area contributed by atoms with E-state index < -0.39 is 11.6 Å². The fourth-order valence-corrected chi connectivity index (χ4v) is 1.79. The lowest BCUT2D eigenvalue weighted by Gasteiger charge is -2.15. The number of carbonyl (C=O) groups excluding carboxylic acids is 2. The van der Waals surface area contributed by atoms with Gasteiger partial charge < -0.3 is 9.84 Å². The topological polar surface area (TPSA) is 63.6 Å². The maximum Gasteiger partial charge on any atom is 0.233 e. The number of aliphatic hydroxyl groups excluding tert-OH is 1. The van der Waals surface area contributed by atoms with Crippen LogP contribution in [0.5, 0.6) is 5.75 Å². The number of methoxy groups -OCH3 is 1. The number of aliphatic hydroxyl groups is 1. The maximum absolute atomic E-state index is 11.6. The van der Waals surface area contributed by atoms with Crippen molar-refractivity contribution in [3.05, 3.63) is 34.9 Å². The number of Topliss-reactive ketones (excluding diaryl/α,β-unsaturated/α-hetero) is 1. The molecule has 0 atom stereocenters. The van der Waals surface area contributed by atoms with Crippen LogP contribution in [0.25, 0.3) is 5.76 Å². The molecule has 0 saturated carbocycles. The molecule has 0 aromatic heterocycles. The van der Waals surface area contributed by atoms with Gasteiger partial charge in [0.25, 0.3) is 0 Å². The molecule has 1 aromatic rings. The lowest BCUT2D eigenvalue weighted by Crippen LogP contribution is -2.19. The van der Waals surface area contributed by atoms with E-state index in [9.17, 15) is 14.7 Å². The van der Waals surface area contributed by atoms with Gasteiger partial charge in [0.1, 0.15) is 11.5 Å². The SMILES string of the molecule is COc1cc(C)c2c(c1)C(=O)C(=O)C=C2O. The van der Waals surface area contributed by atoms with E-state index in [0.717, 1.165) is 6.08 Å². The first-order chi connectivity index (χ1) is 7.54. The number of ketones is 2. The summed E-state index contributed by atoms with van der Waals surface area (Å²) in [5.41, 5.74) is 1.30. The Morgan fingerprint density at radius 2 is 1.94 bits per heavy atom. The third-order valence-corrected chi connectivity index (χ3v) is 2.54. The molecule has 1 aliphatic carbocycles. The Kier molecular flexibility index (Phi) is 2.27. The van der Waals surface area contributed by atoms with Crippen LogP contribution < -0.4 is 4.74 Å². The van der Waals surface area contributed by atoms with Crippen molar-refractivity contribution in [3.8, 4) is 5.75 Å². The lowest BCUT2D eigenvalue weighted by atomic mass is 9.90. The van der Waals surface area contributed by atoms with Gasteiger partial charge in [0.15, 0.2) is 0 Å². The number of fused-ring (bicyclic) bond motifs is 1. The van der Waals surface area contributed by atoms with Crippen molar-refractivity contribution in [3.63, 3.8) is 0 Å². The van der Waals surface area contributed by atoms with Crippen LogP contribution in [0.4, 0.5) is 0 Å². The van der Waals surface area contributed by atoms with Gasteiger partial charge in [-0.2, -0.15) is 0 Å². The molecule has 1 aliphatic rings. The van der Waals surface area contributed by atoms with E-state index in [1.807, 2.05) is 0 Å². The number of carbonyl (C=O) groups is 2. The second-order valence-electron chi connectivity index (χ2n) is 3.59. The smallest absolute Gasteiger partial charge is 0.233 e. The third kappa shape index (κ3) is 1.39. The second-order valence-corrected chi connectivity index (χ2v) is 3.59. The summed E-state index contributed by atoms with van der Waals surface area (Å²) in [5.74, 6) is -1.00. The zero-order valence-corrected chi connectivity index (χ0v) is 8.90. The van der Waals surface area contributed by atoms with Gasteiger partial charge in [-0.05, 0) is 24.6 Å². The number of ether oxygens (including phenoxy) is 1. The van der Waals surface area contributed by atoms with Crippen molar-refractivity contribution >= 4 is 17.3 Å². The van der Waals surface area contributed by atoms with Gasteiger partial charge in [0.2, 0.25) is 11.6 Å². The molecule has 0 saturated heterocycles. The Bertz CT molecular complexity index is 526. The highest BCUT2D eigenvalue weighted by Gasteiger charge is 2.27. The van der Waals surface area contributed by atoms with E-state index in [0.29, 0.717) is 16.9 Å². The van der Waals surface area contributed by atoms with Crippen molar-refractivity contribution in [2.24, 2.45) is 0 Å². The highest BCUT2D eigenvalue weighted by Crippen LogP contribution is 2.30. The first-order valence-electron chi connectivity index (χ1n) is 4.73. The van der Waals surface area contributed by atoms with E-state index in [1.54, 1.807) is 13.0 Å². The summed E-state index contributed by atoms with van der Waals surface area (Å²) < 4.78 is 5.02. The zero-order chi connectivity index (χ0) is 11.9. The summed E-state index contributed by atoms with van der Waals surface area (Å²) in [4.78, 5) is 22.9. The molecule has 0 fully saturated rings. The van der Waals surface area contributed by atoms with Crippen molar-refractivity contribution in [2.75, 3.05) is 7.11 Å². The normalized spacial score (nSPS) is 14.5.